The van der Waals surface area contributed by atoms with E-state index in [1.807, 2.05) is 6.20 Å². The van der Waals surface area contributed by atoms with Gasteiger partial charge in [0.1, 0.15) is 5.82 Å². The molecule has 0 aromatic carbocycles. The van der Waals surface area contributed by atoms with Gasteiger partial charge in [0.25, 0.3) is 0 Å². The van der Waals surface area contributed by atoms with Crippen molar-refractivity contribution in [2.75, 3.05) is 13.1 Å². The largest absolute Gasteiger partial charge is 0.296 e. The molecule has 3 nitrogen and oxygen atoms in total. The minimum Gasteiger partial charge on any atom is -0.296 e. The Kier molecular flexibility index (Phi) is 4.24. The highest BCUT2D eigenvalue weighted by Gasteiger charge is 2.23. The van der Waals surface area contributed by atoms with Gasteiger partial charge in [-0.1, -0.05) is 34.6 Å². The van der Waals surface area contributed by atoms with Crippen LogP contribution in [0.25, 0.3) is 0 Å². The third-order valence-corrected chi connectivity index (χ3v) is 3.76. The second kappa shape index (κ2) is 5.58. The fourth-order valence-corrected chi connectivity index (χ4v) is 2.67. The third kappa shape index (κ3) is 3.53. The predicted molar refractivity (Wildman–Crippen MR) is 79.3 cm³/mol. The minimum atomic E-state index is 0.0856. The lowest BCUT2D eigenvalue weighted by Crippen LogP contribution is -2.23. The first-order valence-electron chi connectivity index (χ1n) is 7.46. The first-order chi connectivity index (χ1) is 8.88. The van der Waals surface area contributed by atoms with Crippen molar-refractivity contribution in [3.05, 3.63) is 23.3 Å². The Hall–Kier alpha value is -0.960. The van der Waals surface area contributed by atoms with Gasteiger partial charge >= 0.3 is 0 Å². The Bertz CT molecular complexity index is 426. The summed E-state index contributed by atoms with van der Waals surface area (Å²) < 4.78 is 0. The summed E-state index contributed by atoms with van der Waals surface area (Å²) in [6.07, 6.45) is 4.68. The van der Waals surface area contributed by atoms with Crippen molar-refractivity contribution >= 4 is 0 Å². The number of rotatable bonds is 3. The van der Waals surface area contributed by atoms with E-state index in [4.69, 9.17) is 4.98 Å². The number of nitrogens with zero attached hydrogens (tertiary/aromatic N) is 3. The van der Waals surface area contributed by atoms with Crippen molar-refractivity contribution in [2.45, 2.75) is 65.3 Å². The van der Waals surface area contributed by atoms with Gasteiger partial charge in [0.05, 0.1) is 12.2 Å². The molecule has 106 valence electrons. The van der Waals surface area contributed by atoms with Gasteiger partial charge in [-0.25, -0.2) is 9.97 Å². The highest BCUT2D eigenvalue weighted by molar-refractivity contribution is 5.27. The first-order valence-corrected chi connectivity index (χ1v) is 7.46. The molecule has 0 bridgehead atoms. The zero-order valence-corrected chi connectivity index (χ0v) is 13.0. The van der Waals surface area contributed by atoms with Gasteiger partial charge < -0.3 is 0 Å². The lowest BCUT2D eigenvalue weighted by molar-refractivity contribution is 0.321. The van der Waals surface area contributed by atoms with Gasteiger partial charge in [0.15, 0.2) is 0 Å². The smallest absolute Gasteiger partial charge is 0.142 e. The molecule has 19 heavy (non-hydrogen) atoms. The van der Waals surface area contributed by atoms with Crippen LogP contribution in [0.4, 0.5) is 0 Å². The van der Waals surface area contributed by atoms with Crippen molar-refractivity contribution in [3.8, 4) is 0 Å². The van der Waals surface area contributed by atoms with E-state index in [9.17, 15) is 0 Å². The second-order valence-corrected chi connectivity index (χ2v) is 6.98. The normalized spacial score (nSPS) is 17.4. The molecule has 0 radical (unpaired) electrons. The topological polar surface area (TPSA) is 29.0 Å². The lowest BCUT2D eigenvalue weighted by Gasteiger charge is -2.24. The molecule has 2 heterocycles. The molecule has 0 saturated carbocycles. The summed E-state index contributed by atoms with van der Waals surface area (Å²) in [7, 11) is 0. The summed E-state index contributed by atoms with van der Waals surface area (Å²) in [5, 5.41) is 0. The summed E-state index contributed by atoms with van der Waals surface area (Å²) in [6, 6.07) is 0. The number of hydrogen-bond donors (Lipinski definition) is 0. The molecule has 1 aliphatic rings. The van der Waals surface area contributed by atoms with Crippen LogP contribution < -0.4 is 0 Å². The van der Waals surface area contributed by atoms with Crippen LogP contribution in [-0.4, -0.2) is 28.0 Å². The van der Waals surface area contributed by atoms with E-state index in [0.717, 1.165) is 12.4 Å². The third-order valence-electron chi connectivity index (χ3n) is 3.76. The average molecular weight is 261 g/mol. The molecule has 1 aromatic heterocycles. The molecule has 0 amide bonds. The van der Waals surface area contributed by atoms with E-state index < -0.39 is 0 Å². The molecule has 1 saturated heterocycles. The fraction of sp³-hybridized carbons (Fsp3) is 0.750. The maximum absolute atomic E-state index is 4.88. The average Bonchev–Trinajstić information content (AvgIpc) is 2.80. The molecule has 3 heteroatoms. The summed E-state index contributed by atoms with van der Waals surface area (Å²) >= 11 is 0. The van der Waals surface area contributed by atoms with Gasteiger partial charge in [-0.2, -0.15) is 0 Å². The Labute approximate surface area is 117 Å². The Morgan fingerprint density at radius 2 is 1.84 bits per heavy atom. The van der Waals surface area contributed by atoms with Crippen molar-refractivity contribution < 1.29 is 0 Å². The van der Waals surface area contributed by atoms with Crippen molar-refractivity contribution in [3.63, 3.8) is 0 Å². The van der Waals surface area contributed by atoms with E-state index in [1.165, 1.54) is 37.2 Å². The van der Waals surface area contributed by atoms with E-state index in [1.54, 1.807) is 0 Å². The van der Waals surface area contributed by atoms with Gasteiger partial charge in [-0.3, -0.25) is 4.90 Å². The molecule has 0 aliphatic carbocycles. The van der Waals surface area contributed by atoms with Crippen molar-refractivity contribution in [2.24, 2.45) is 0 Å². The maximum atomic E-state index is 4.88. The summed E-state index contributed by atoms with van der Waals surface area (Å²) in [6.45, 7) is 14.4. The molecule has 1 fully saturated rings. The fourth-order valence-electron chi connectivity index (χ4n) is 2.67. The number of likely N-dealkylation sites (tertiary alicyclic amines) is 1. The van der Waals surface area contributed by atoms with Crippen LogP contribution in [0.5, 0.6) is 0 Å². The van der Waals surface area contributed by atoms with Crippen LogP contribution in [0.15, 0.2) is 6.20 Å². The second-order valence-electron chi connectivity index (χ2n) is 6.98. The molecule has 0 unspecified atom stereocenters. The lowest BCUT2D eigenvalue weighted by atomic mass is 9.85. The van der Waals surface area contributed by atoms with Crippen LogP contribution in [0.1, 0.15) is 70.5 Å². The zero-order valence-electron chi connectivity index (χ0n) is 13.0. The standard InChI is InChI=1S/C16H27N3/c1-12(2)13-10-17-14(11-19-8-6-7-9-19)18-15(13)16(3,4)5/h10,12H,6-9,11H2,1-5H3. The number of aromatic nitrogens is 2. The molecule has 0 spiro atoms. The highest BCUT2D eigenvalue weighted by atomic mass is 15.2. The molecule has 1 aromatic rings. The number of hydrogen-bond acceptors (Lipinski definition) is 3. The summed E-state index contributed by atoms with van der Waals surface area (Å²) in [5.41, 5.74) is 2.59. The van der Waals surface area contributed by atoms with Crippen LogP contribution in [0.3, 0.4) is 0 Å². The quantitative estimate of drug-likeness (QED) is 0.834. The van der Waals surface area contributed by atoms with Crippen LogP contribution in [0.2, 0.25) is 0 Å². The zero-order chi connectivity index (χ0) is 14.0. The Morgan fingerprint density at radius 3 is 2.37 bits per heavy atom. The van der Waals surface area contributed by atoms with Gasteiger partial charge in [0, 0.05) is 11.6 Å². The molecular weight excluding hydrogens is 234 g/mol. The van der Waals surface area contributed by atoms with Crippen LogP contribution in [0, 0.1) is 0 Å². The molecular formula is C16H27N3. The van der Waals surface area contributed by atoms with Gasteiger partial charge in [0.2, 0.25) is 0 Å². The van der Waals surface area contributed by atoms with Gasteiger partial charge in [-0.05, 0) is 37.4 Å². The monoisotopic (exact) mass is 261 g/mol. The van der Waals surface area contributed by atoms with E-state index in [-0.39, 0.29) is 5.41 Å². The molecule has 1 aliphatic heterocycles. The maximum Gasteiger partial charge on any atom is 0.142 e. The molecule has 0 atom stereocenters. The van der Waals surface area contributed by atoms with E-state index >= 15 is 0 Å². The molecule has 0 N–H and O–H groups in total. The van der Waals surface area contributed by atoms with Gasteiger partial charge in [-0.15, -0.1) is 0 Å². The van der Waals surface area contributed by atoms with Crippen molar-refractivity contribution in [1.82, 2.24) is 14.9 Å². The summed E-state index contributed by atoms with van der Waals surface area (Å²) in [5.74, 6) is 1.46. The van der Waals surface area contributed by atoms with E-state index in [2.05, 4.69) is 44.5 Å². The Morgan fingerprint density at radius 1 is 1.21 bits per heavy atom. The van der Waals surface area contributed by atoms with Crippen LogP contribution in [-0.2, 0) is 12.0 Å². The SMILES string of the molecule is CC(C)c1cnc(CN2CCCC2)nc1C(C)(C)C. The minimum absolute atomic E-state index is 0.0856. The molecule has 2 rings (SSSR count). The first kappa shape index (κ1) is 14.4. The predicted octanol–water partition coefficient (Wildman–Crippen LogP) is 3.49. The Balaban J connectivity index is 2.27. The highest BCUT2D eigenvalue weighted by Crippen LogP contribution is 2.28. The summed E-state index contributed by atoms with van der Waals surface area (Å²) in [4.78, 5) is 11.9. The van der Waals surface area contributed by atoms with Crippen LogP contribution >= 0.6 is 0 Å². The van der Waals surface area contributed by atoms with E-state index in [0.29, 0.717) is 5.92 Å². The van der Waals surface area contributed by atoms with Crippen molar-refractivity contribution in [1.29, 1.82) is 0 Å².